The Hall–Kier alpha value is -0.530. The van der Waals surface area contributed by atoms with Crippen molar-refractivity contribution in [1.82, 2.24) is 0 Å². The Morgan fingerprint density at radius 2 is 2.62 bits per heavy atom. The van der Waals surface area contributed by atoms with Gasteiger partial charge in [0.25, 0.3) is 1.43 Å². The van der Waals surface area contributed by atoms with Gasteiger partial charge in [0.05, 0.1) is 5.92 Å². The minimum Gasteiger partial charge on any atom is -0.481 e. The van der Waals surface area contributed by atoms with E-state index in [1.54, 1.807) is 6.92 Å². The van der Waals surface area contributed by atoms with Crippen molar-refractivity contribution in [2.24, 2.45) is 5.92 Å². The topological polar surface area (TPSA) is 37.3 Å². The fraction of sp³-hybridized carbons (Fsp3) is 0.833. The third-order valence-electron chi connectivity index (χ3n) is 1.12. The van der Waals surface area contributed by atoms with Gasteiger partial charge in [-0.3, -0.25) is 4.79 Å². The molecule has 0 aliphatic heterocycles. The highest BCUT2D eigenvalue weighted by molar-refractivity contribution is 5.69. The molecular formula is C6H12O2. The Kier molecular flexibility index (Phi) is 2.43. The molecule has 2 heteroatoms. The molecule has 0 saturated heterocycles. The highest BCUT2D eigenvalue weighted by Crippen LogP contribution is 2.03. The van der Waals surface area contributed by atoms with Gasteiger partial charge in [-0.2, -0.15) is 0 Å². The predicted molar refractivity (Wildman–Crippen MR) is 31.7 cm³/mol. The maximum atomic E-state index is 10.5. The van der Waals surface area contributed by atoms with E-state index >= 15 is 0 Å². The molecule has 0 spiro atoms. The summed E-state index contributed by atoms with van der Waals surface area (Å²) in [6.07, 6.45) is 1.76. The second kappa shape index (κ2) is 3.47. The molecule has 0 aliphatic rings. The summed E-state index contributed by atoms with van der Waals surface area (Å²) in [7, 11) is 0. The summed E-state index contributed by atoms with van der Waals surface area (Å²) in [5.74, 6) is -0.552. The van der Waals surface area contributed by atoms with Crippen LogP contribution in [0.4, 0.5) is 0 Å². The fourth-order valence-corrected chi connectivity index (χ4v) is 0.551. The summed E-state index contributed by atoms with van der Waals surface area (Å²) in [4.78, 5) is 10.5. The van der Waals surface area contributed by atoms with Gasteiger partial charge in [-0.25, -0.2) is 0 Å². The van der Waals surface area contributed by atoms with E-state index in [0.29, 0.717) is 0 Å². The third kappa shape index (κ3) is 2.61. The van der Waals surface area contributed by atoms with Gasteiger partial charge in [-0.05, 0) is 6.42 Å². The van der Waals surface area contributed by atoms with Gasteiger partial charge in [0.15, 0.2) is 0 Å². The molecule has 8 heavy (non-hydrogen) atoms. The van der Waals surface area contributed by atoms with Crippen LogP contribution in [0.3, 0.4) is 0 Å². The first kappa shape index (κ1) is 5.60. The van der Waals surface area contributed by atoms with Crippen LogP contribution in [-0.4, -0.2) is 11.1 Å². The van der Waals surface area contributed by atoms with E-state index in [-0.39, 0.29) is 5.92 Å². The summed E-state index contributed by atoms with van der Waals surface area (Å²) >= 11 is 0. The van der Waals surface area contributed by atoms with Gasteiger partial charge in [0.2, 0.25) is 0 Å². The first-order valence-corrected chi connectivity index (χ1v) is 2.89. The molecule has 1 atom stereocenters. The third-order valence-corrected chi connectivity index (χ3v) is 1.12. The number of carboxylic acid groups (broad SMARTS) is 1. The molecule has 48 valence electrons. The minimum atomic E-state index is -0.433. The first-order valence-electron chi connectivity index (χ1n) is 3.30. The largest absolute Gasteiger partial charge is 0.481 e. The lowest BCUT2D eigenvalue weighted by Gasteiger charge is -2.00. The lowest BCUT2D eigenvalue weighted by Crippen LogP contribution is -2.08. The molecule has 0 aromatic heterocycles. The lowest BCUT2D eigenvalue weighted by atomic mass is 10.1. The second-order valence-electron chi connectivity index (χ2n) is 2.01. The Labute approximate surface area is 51.0 Å². The second-order valence-corrected chi connectivity index (χ2v) is 2.01. The van der Waals surface area contributed by atoms with Gasteiger partial charge in [0.1, 0.15) is 0 Å². The van der Waals surface area contributed by atoms with Crippen LogP contribution in [0.2, 0.25) is 0 Å². The zero-order valence-corrected chi connectivity index (χ0v) is 5.31. The molecule has 0 radical (unpaired) electrons. The minimum absolute atomic E-state index is 0.118. The highest BCUT2D eigenvalue weighted by atomic mass is 16.4. The smallest absolute Gasteiger partial charge is 0.306 e. The normalized spacial score (nSPS) is 14.5. The number of hydrogen-bond donors (Lipinski definition) is 1. The van der Waals surface area contributed by atoms with Crippen LogP contribution in [-0.2, 0) is 4.79 Å². The van der Waals surface area contributed by atoms with Crippen LogP contribution in [0.1, 0.15) is 26.7 Å². The summed E-state index contributed by atoms with van der Waals surface area (Å²) in [6.45, 7) is 3.76. The van der Waals surface area contributed by atoms with Crippen molar-refractivity contribution >= 4 is 5.97 Å². The van der Waals surface area contributed by atoms with Gasteiger partial charge < -0.3 is 5.11 Å². The summed E-state index contributed by atoms with van der Waals surface area (Å²) in [5.41, 5.74) is 0. The van der Waals surface area contributed by atoms with E-state index in [0.717, 1.165) is 12.8 Å². The number of aliphatic carboxylic acids is 1. The Morgan fingerprint density at radius 1 is 2.00 bits per heavy atom. The van der Waals surface area contributed by atoms with E-state index < -0.39 is 5.97 Å². The molecule has 0 aromatic rings. The van der Waals surface area contributed by atoms with Crippen LogP contribution < -0.4 is 0 Å². The van der Waals surface area contributed by atoms with Crippen LogP contribution in [0.5, 0.6) is 0 Å². The van der Waals surface area contributed by atoms with Crippen molar-refractivity contribution in [3.8, 4) is 0 Å². The van der Waals surface area contributed by atoms with Crippen LogP contribution in [0, 0.1) is 5.92 Å². The quantitative estimate of drug-likeness (QED) is 0.608. The molecule has 0 fully saturated rings. The van der Waals surface area contributed by atoms with Crippen molar-refractivity contribution in [1.29, 1.82) is 1.43 Å². The summed E-state index contributed by atoms with van der Waals surface area (Å²) in [5, 5.41) is 3.78. The van der Waals surface area contributed by atoms with Gasteiger partial charge in [-0.1, -0.05) is 20.3 Å². The zero-order chi connectivity index (χ0) is 7.28. The average Bonchev–Trinajstić information content (AvgIpc) is 1.87. The molecule has 0 bridgehead atoms. The molecule has 1 N–H and O–H groups in total. The van der Waals surface area contributed by atoms with E-state index in [1.165, 1.54) is 0 Å². The standard InChI is InChI=1S/C6H12O2/c1-3-4-5(2)6(7)8/h5H,3-4H2,1-2H3,(H,7,8)/t5-/m1/s1/i/hD. The van der Waals surface area contributed by atoms with Crippen LogP contribution >= 0.6 is 0 Å². The van der Waals surface area contributed by atoms with Gasteiger partial charge >= 0.3 is 5.97 Å². The highest BCUT2D eigenvalue weighted by Gasteiger charge is 2.07. The van der Waals surface area contributed by atoms with Crippen LogP contribution in [0.25, 0.3) is 1.43 Å². The lowest BCUT2D eigenvalue weighted by molar-refractivity contribution is -0.141. The average molecular weight is 117 g/mol. The zero-order valence-electron chi connectivity index (χ0n) is 6.31. The van der Waals surface area contributed by atoms with Crippen molar-refractivity contribution < 1.29 is 9.90 Å². The van der Waals surface area contributed by atoms with E-state index in [2.05, 4.69) is 5.11 Å². The van der Waals surface area contributed by atoms with E-state index in [9.17, 15) is 4.79 Å². The monoisotopic (exact) mass is 117 g/mol. The summed E-state index contributed by atoms with van der Waals surface area (Å²) < 4.78 is 6.27. The van der Waals surface area contributed by atoms with Crippen molar-refractivity contribution in [2.45, 2.75) is 26.7 Å². The van der Waals surface area contributed by atoms with Gasteiger partial charge in [-0.15, -0.1) is 0 Å². The van der Waals surface area contributed by atoms with Crippen LogP contribution in [0.15, 0.2) is 0 Å². The number of hydrogen-bond acceptors (Lipinski definition) is 2. The molecule has 0 amide bonds. The van der Waals surface area contributed by atoms with E-state index in [4.69, 9.17) is 1.43 Å². The Bertz CT molecular complexity index is 93.1. The van der Waals surface area contributed by atoms with Gasteiger partial charge in [0, 0.05) is 0 Å². The van der Waals surface area contributed by atoms with Crippen molar-refractivity contribution in [3.63, 3.8) is 0 Å². The SMILES string of the molecule is [2H]OC(=O)[C@H](C)CCC. The molecule has 0 heterocycles. The predicted octanol–water partition coefficient (Wildman–Crippen LogP) is 1.51. The maximum Gasteiger partial charge on any atom is 0.306 e. The van der Waals surface area contributed by atoms with Crippen molar-refractivity contribution in [3.05, 3.63) is 0 Å². The number of rotatable bonds is 3. The fourth-order valence-electron chi connectivity index (χ4n) is 0.551. The maximum absolute atomic E-state index is 10.5. The molecule has 0 aliphatic carbocycles. The molecule has 0 aromatic carbocycles. The molecule has 0 saturated carbocycles. The van der Waals surface area contributed by atoms with E-state index in [1.807, 2.05) is 6.92 Å². The van der Waals surface area contributed by atoms with Crippen molar-refractivity contribution in [2.75, 3.05) is 0 Å². The molecule has 2 nitrogen and oxygen atoms in total. The number of carboxylic acids is 1. The summed E-state index contributed by atoms with van der Waals surface area (Å²) in [6, 6.07) is 0. The Balaban J connectivity index is 3.45. The molecular weight excluding hydrogens is 104 g/mol. The Morgan fingerprint density at radius 3 is 3.00 bits per heavy atom. The first-order chi connectivity index (χ1) is 4.22. The number of carbonyl (C=O) groups is 1. The molecule has 0 unspecified atom stereocenters. The molecule has 0 rings (SSSR count).